The van der Waals surface area contributed by atoms with Gasteiger partial charge in [-0.3, -0.25) is 4.79 Å². The van der Waals surface area contributed by atoms with Crippen LogP contribution in [0.2, 0.25) is 0 Å². The topological polar surface area (TPSA) is 95.6 Å². The largest absolute Gasteiger partial charge is 0.391 e. The van der Waals surface area contributed by atoms with E-state index >= 15 is 0 Å². The van der Waals surface area contributed by atoms with Gasteiger partial charge in [0.1, 0.15) is 6.10 Å². The minimum Gasteiger partial charge on any atom is -0.391 e. The van der Waals surface area contributed by atoms with Gasteiger partial charge in [-0.25, -0.2) is 0 Å². The fraction of sp³-hybridized carbons (Fsp3) is 0.923. The number of hydrogen-bond acceptors (Lipinski definition) is 4. The monoisotopic (exact) mass is 258 g/mol. The molecule has 0 aromatic carbocycles. The van der Waals surface area contributed by atoms with Crippen molar-refractivity contribution in [2.75, 3.05) is 0 Å². The molecule has 0 bridgehead atoms. The lowest BCUT2D eigenvalue weighted by atomic mass is 9.92. The summed E-state index contributed by atoms with van der Waals surface area (Å²) in [5.41, 5.74) is 5.77. The molecular formula is C13H26N2O3. The van der Waals surface area contributed by atoms with Crippen LogP contribution < -0.4 is 11.1 Å². The molecule has 4 atom stereocenters. The second-order valence-electron chi connectivity index (χ2n) is 5.22. The van der Waals surface area contributed by atoms with Gasteiger partial charge >= 0.3 is 0 Å². The molecule has 5 heteroatoms. The van der Waals surface area contributed by atoms with Crippen molar-refractivity contribution in [3.05, 3.63) is 0 Å². The minimum absolute atomic E-state index is 0.237. The van der Waals surface area contributed by atoms with Crippen LogP contribution in [-0.4, -0.2) is 40.4 Å². The van der Waals surface area contributed by atoms with Crippen molar-refractivity contribution >= 4 is 5.91 Å². The number of nitrogens with two attached hydrogens (primary N) is 1. The molecule has 106 valence electrons. The first-order chi connectivity index (χ1) is 8.56. The number of aliphatic hydroxyl groups is 2. The van der Waals surface area contributed by atoms with Crippen molar-refractivity contribution in [2.45, 2.75) is 76.2 Å². The summed E-state index contributed by atoms with van der Waals surface area (Å²) >= 11 is 0. The number of hydrogen-bond donors (Lipinski definition) is 4. The smallest absolute Gasteiger partial charge is 0.250 e. The maximum atomic E-state index is 11.8. The number of rotatable bonds is 6. The summed E-state index contributed by atoms with van der Waals surface area (Å²) in [6.45, 7) is 2.04. The molecule has 5 nitrogen and oxygen atoms in total. The Morgan fingerprint density at radius 1 is 1.44 bits per heavy atom. The quantitative estimate of drug-likeness (QED) is 0.550. The third kappa shape index (κ3) is 4.55. The molecule has 1 rings (SSSR count). The fourth-order valence-electron chi connectivity index (χ4n) is 2.34. The highest BCUT2D eigenvalue weighted by atomic mass is 16.3. The summed E-state index contributed by atoms with van der Waals surface area (Å²) in [6.07, 6.45) is 4.32. The second-order valence-corrected chi connectivity index (χ2v) is 5.22. The van der Waals surface area contributed by atoms with E-state index in [1.165, 1.54) is 0 Å². The highest BCUT2D eigenvalue weighted by Crippen LogP contribution is 2.18. The van der Waals surface area contributed by atoms with Crippen LogP contribution in [0.1, 0.15) is 51.9 Å². The summed E-state index contributed by atoms with van der Waals surface area (Å²) in [5.74, 6) is -0.454. The molecule has 1 saturated carbocycles. The third-order valence-corrected chi connectivity index (χ3v) is 3.62. The summed E-state index contributed by atoms with van der Waals surface area (Å²) in [4.78, 5) is 11.8. The van der Waals surface area contributed by atoms with Crippen molar-refractivity contribution in [1.29, 1.82) is 0 Å². The van der Waals surface area contributed by atoms with Crippen LogP contribution in [0, 0.1) is 0 Å². The van der Waals surface area contributed by atoms with Gasteiger partial charge in [0.25, 0.3) is 5.91 Å². The van der Waals surface area contributed by atoms with Gasteiger partial charge in [-0.1, -0.05) is 32.6 Å². The maximum Gasteiger partial charge on any atom is 0.250 e. The Morgan fingerprint density at radius 3 is 2.72 bits per heavy atom. The van der Waals surface area contributed by atoms with Crippen LogP contribution in [0.4, 0.5) is 0 Å². The Bertz CT molecular complexity index is 261. The Hall–Kier alpha value is -0.650. The number of carbonyl (C=O) groups excluding carboxylic acids is 1. The molecule has 1 fully saturated rings. The van der Waals surface area contributed by atoms with Gasteiger partial charge in [-0.05, 0) is 19.3 Å². The number of nitrogens with one attached hydrogen (secondary N) is 1. The lowest BCUT2D eigenvalue weighted by Gasteiger charge is -2.30. The van der Waals surface area contributed by atoms with Gasteiger partial charge in [-0.15, -0.1) is 0 Å². The van der Waals surface area contributed by atoms with E-state index in [0.717, 1.165) is 32.1 Å². The van der Waals surface area contributed by atoms with E-state index in [1.807, 2.05) is 6.92 Å². The molecule has 0 aromatic heterocycles. The lowest BCUT2D eigenvalue weighted by Crippen LogP contribution is -2.52. The van der Waals surface area contributed by atoms with Gasteiger partial charge in [0.2, 0.25) is 0 Å². The maximum absolute atomic E-state index is 11.8. The predicted octanol–water partition coefficient (Wildman–Crippen LogP) is 0.285. The number of aliphatic hydroxyl groups excluding tert-OH is 2. The number of unbranched alkanes of at least 4 members (excludes halogenated alkanes) is 1. The molecule has 4 unspecified atom stereocenters. The Morgan fingerprint density at radius 2 is 2.11 bits per heavy atom. The summed E-state index contributed by atoms with van der Waals surface area (Å²) in [7, 11) is 0. The third-order valence-electron chi connectivity index (χ3n) is 3.62. The predicted molar refractivity (Wildman–Crippen MR) is 69.9 cm³/mol. The van der Waals surface area contributed by atoms with Gasteiger partial charge < -0.3 is 21.3 Å². The molecule has 0 aliphatic heterocycles. The molecule has 0 saturated heterocycles. The van der Waals surface area contributed by atoms with Gasteiger partial charge in [0, 0.05) is 6.04 Å². The van der Waals surface area contributed by atoms with Crippen LogP contribution >= 0.6 is 0 Å². The van der Waals surface area contributed by atoms with E-state index in [9.17, 15) is 15.0 Å². The first-order valence-electron chi connectivity index (χ1n) is 6.98. The lowest BCUT2D eigenvalue weighted by molar-refractivity contribution is -0.132. The van der Waals surface area contributed by atoms with Gasteiger partial charge in [0.05, 0.1) is 12.1 Å². The van der Waals surface area contributed by atoms with Crippen LogP contribution in [-0.2, 0) is 4.79 Å². The van der Waals surface area contributed by atoms with Crippen LogP contribution in [0.15, 0.2) is 0 Å². The molecule has 5 N–H and O–H groups in total. The van der Waals surface area contributed by atoms with Crippen LogP contribution in [0.25, 0.3) is 0 Å². The standard InChI is InChI=1S/C13H26N2O3/c1-2-3-6-9(14)12(17)13(18)15-10-7-4-5-8-11(10)16/h9-12,16-17H,2-8,14H2,1H3,(H,15,18). The Labute approximate surface area is 109 Å². The van der Waals surface area contributed by atoms with E-state index in [0.29, 0.717) is 12.8 Å². The summed E-state index contributed by atoms with van der Waals surface area (Å²) < 4.78 is 0. The van der Waals surface area contributed by atoms with Crippen molar-refractivity contribution in [3.8, 4) is 0 Å². The van der Waals surface area contributed by atoms with Gasteiger partial charge in [-0.2, -0.15) is 0 Å². The van der Waals surface area contributed by atoms with Crippen LogP contribution in [0.3, 0.4) is 0 Å². The number of carbonyl (C=O) groups is 1. The van der Waals surface area contributed by atoms with Crippen LogP contribution in [0.5, 0.6) is 0 Å². The average Bonchev–Trinajstić information content (AvgIpc) is 2.37. The molecule has 1 amide bonds. The molecule has 1 aliphatic rings. The molecule has 0 heterocycles. The zero-order valence-electron chi connectivity index (χ0n) is 11.1. The molecule has 1 aliphatic carbocycles. The molecular weight excluding hydrogens is 232 g/mol. The highest BCUT2D eigenvalue weighted by Gasteiger charge is 2.29. The van der Waals surface area contributed by atoms with Crippen molar-refractivity contribution < 1.29 is 15.0 Å². The second kappa shape index (κ2) is 7.71. The van der Waals surface area contributed by atoms with Crippen molar-refractivity contribution in [3.63, 3.8) is 0 Å². The highest BCUT2D eigenvalue weighted by molar-refractivity contribution is 5.81. The molecule has 0 radical (unpaired) electrons. The zero-order chi connectivity index (χ0) is 13.5. The SMILES string of the molecule is CCCCC(N)C(O)C(=O)NC1CCCCC1O. The summed E-state index contributed by atoms with van der Waals surface area (Å²) in [6, 6.07) is -0.759. The van der Waals surface area contributed by atoms with E-state index in [2.05, 4.69) is 5.32 Å². The average molecular weight is 258 g/mol. The Kier molecular flexibility index (Phi) is 6.60. The molecule has 0 spiro atoms. The first-order valence-corrected chi connectivity index (χ1v) is 6.98. The first kappa shape index (κ1) is 15.4. The van der Waals surface area contributed by atoms with E-state index in [-0.39, 0.29) is 6.04 Å². The normalized spacial score (nSPS) is 27.6. The van der Waals surface area contributed by atoms with Crippen molar-refractivity contribution in [2.24, 2.45) is 5.73 Å². The summed E-state index contributed by atoms with van der Waals surface area (Å²) in [5, 5.41) is 22.3. The molecule has 18 heavy (non-hydrogen) atoms. The number of amides is 1. The Balaban J connectivity index is 2.38. The van der Waals surface area contributed by atoms with E-state index < -0.39 is 24.2 Å². The van der Waals surface area contributed by atoms with E-state index in [4.69, 9.17) is 5.73 Å². The fourth-order valence-corrected chi connectivity index (χ4v) is 2.34. The van der Waals surface area contributed by atoms with E-state index in [1.54, 1.807) is 0 Å². The van der Waals surface area contributed by atoms with Gasteiger partial charge in [0.15, 0.2) is 0 Å². The molecule has 0 aromatic rings. The zero-order valence-corrected chi connectivity index (χ0v) is 11.1. The van der Waals surface area contributed by atoms with Crippen molar-refractivity contribution in [1.82, 2.24) is 5.32 Å². The minimum atomic E-state index is -1.18.